The van der Waals surface area contributed by atoms with E-state index in [1.165, 1.54) is 36.9 Å². The molecule has 1 aliphatic rings. The molecule has 0 spiro atoms. The molecular weight excluding hydrogens is 232 g/mol. The molecular formula is C14H23ClN2. The molecule has 1 aromatic heterocycles. The van der Waals surface area contributed by atoms with Crippen molar-refractivity contribution in [1.82, 2.24) is 9.78 Å². The van der Waals surface area contributed by atoms with Crippen LogP contribution in [0.2, 0.25) is 0 Å². The van der Waals surface area contributed by atoms with E-state index >= 15 is 0 Å². The number of hydrogen-bond donors (Lipinski definition) is 0. The van der Waals surface area contributed by atoms with Gasteiger partial charge in [0.1, 0.15) is 0 Å². The average molecular weight is 255 g/mol. The Kier molecular flexibility index (Phi) is 3.82. The van der Waals surface area contributed by atoms with Crippen molar-refractivity contribution in [2.75, 3.05) is 0 Å². The van der Waals surface area contributed by atoms with E-state index in [2.05, 4.69) is 25.5 Å². The fourth-order valence-corrected chi connectivity index (χ4v) is 3.41. The van der Waals surface area contributed by atoms with Crippen LogP contribution in [-0.4, -0.2) is 9.78 Å². The molecule has 0 saturated heterocycles. The maximum absolute atomic E-state index is 6.24. The second kappa shape index (κ2) is 5.01. The largest absolute Gasteiger partial charge is 0.266 e. The van der Waals surface area contributed by atoms with Gasteiger partial charge in [-0.05, 0) is 52.4 Å². The molecule has 2 nitrogen and oxygen atoms in total. The minimum atomic E-state index is 0.0614. The third-order valence-electron chi connectivity index (χ3n) is 4.11. The summed E-state index contributed by atoms with van der Waals surface area (Å²) in [6, 6.07) is 0.592. The molecule has 1 unspecified atom stereocenters. The van der Waals surface area contributed by atoms with Gasteiger partial charge in [0, 0.05) is 11.3 Å². The van der Waals surface area contributed by atoms with Gasteiger partial charge in [0.05, 0.1) is 17.1 Å². The Morgan fingerprint density at radius 3 is 2.29 bits per heavy atom. The number of aryl methyl sites for hydroxylation is 1. The molecule has 1 atom stereocenters. The van der Waals surface area contributed by atoms with Crippen molar-refractivity contribution in [3.63, 3.8) is 0 Å². The van der Waals surface area contributed by atoms with Gasteiger partial charge in [-0.2, -0.15) is 5.10 Å². The molecule has 1 heterocycles. The third-order valence-corrected chi connectivity index (χ3v) is 4.33. The van der Waals surface area contributed by atoms with E-state index < -0.39 is 0 Å². The van der Waals surface area contributed by atoms with Crippen LogP contribution in [0.4, 0.5) is 0 Å². The lowest BCUT2D eigenvalue weighted by molar-refractivity contribution is 0.270. The summed E-state index contributed by atoms with van der Waals surface area (Å²) >= 11 is 6.24. The van der Waals surface area contributed by atoms with Crippen molar-refractivity contribution in [2.24, 2.45) is 5.92 Å². The summed E-state index contributed by atoms with van der Waals surface area (Å²) in [6.07, 6.45) is 5.18. The predicted molar refractivity (Wildman–Crippen MR) is 72.6 cm³/mol. The molecule has 2 rings (SSSR count). The van der Waals surface area contributed by atoms with Crippen LogP contribution in [0.5, 0.6) is 0 Å². The van der Waals surface area contributed by atoms with E-state index in [0.717, 1.165) is 11.6 Å². The van der Waals surface area contributed by atoms with E-state index in [-0.39, 0.29) is 5.38 Å². The molecule has 0 N–H and O–H groups in total. The van der Waals surface area contributed by atoms with Crippen molar-refractivity contribution in [3.05, 3.63) is 17.0 Å². The van der Waals surface area contributed by atoms with Gasteiger partial charge in [-0.15, -0.1) is 11.6 Å². The Bertz CT molecular complexity index is 387. The molecule has 0 radical (unpaired) electrons. The Morgan fingerprint density at radius 2 is 1.82 bits per heavy atom. The monoisotopic (exact) mass is 254 g/mol. The SMILES string of the molecule is Cc1nn(C2CCC(C)CC2)c(C)c1C(C)Cl. The number of hydrogen-bond acceptors (Lipinski definition) is 1. The van der Waals surface area contributed by atoms with Crippen LogP contribution >= 0.6 is 11.6 Å². The summed E-state index contributed by atoms with van der Waals surface area (Å²) in [4.78, 5) is 0. The van der Waals surface area contributed by atoms with E-state index in [1.807, 2.05) is 6.92 Å². The highest BCUT2D eigenvalue weighted by molar-refractivity contribution is 6.20. The quantitative estimate of drug-likeness (QED) is 0.708. The van der Waals surface area contributed by atoms with E-state index in [9.17, 15) is 0 Å². The van der Waals surface area contributed by atoms with Crippen molar-refractivity contribution in [3.8, 4) is 0 Å². The zero-order valence-electron chi connectivity index (χ0n) is 11.3. The van der Waals surface area contributed by atoms with Gasteiger partial charge >= 0.3 is 0 Å². The second-order valence-corrected chi connectivity index (χ2v) is 6.21. The summed E-state index contributed by atoms with van der Waals surface area (Å²) < 4.78 is 2.23. The standard InChI is InChI=1S/C14H23ClN2/c1-9-5-7-13(8-6-9)17-12(4)14(10(2)15)11(3)16-17/h9-10,13H,5-8H2,1-4H3. The number of nitrogens with zero attached hydrogens (tertiary/aromatic N) is 2. The van der Waals surface area contributed by atoms with Gasteiger partial charge < -0.3 is 0 Å². The summed E-state index contributed by atoms with van der Waals surface area (Å²) in [5.74, 6) is 0.884. The molecule has 0 amide bonds. The zero-order valence-corrected chi connectivity index (χ0v) is 12.1. The van der Waals surface area contributed by atoms with Gasteiger partial charge in [0.25, 0.3) is 0 Å². The maximum Gasteiger partial charge on any atom is 0.0643 e. The summed E-state index contributed by atoms with van der Waals surface area (Å²) in [7, 11) is 0. The molecule has 3 heteroatoms. The number of alkyl halides is 1. The first-order chi connectivity index (χ1) is 8.00. The van der Waals surface area contributed by atoms with Crippen molar-refractivity contribution >= 4 is 11.6 Å². The minimum absolute atomic E-state index is 0.0614. The first-order valence-electron chi connectivity index (χ1n) is 6.70. The Hall–Kier alpha value is -0.500. The molecule has 1 saturated carbocycles. The van der Waals surface area contributed by atoms with Crippen molar-refractivity contribution in [1.29, 1.82) is 0 Å². The molecule has 0 aromatic carbocycles. The lowest BCUT2D eigenvalue weighted by Crippen LogP contribution is -2.19. The van der Waals surface area contributed by atoms with Gasteiger partial charge in [-0.25, -0.2) is 0 Å². The zero-order chi connectivity index (χ0) is 12.6. The third kappa shape index (κ3) is 2.52. The smallest absolute Gasteiger partial charge is 0.0643 e. The normalized spacial score (nSPS) is 27.1. The van der Waals surface area contributed by atoms with E-state index in [1.54, 1.807) is 0 Å². The van der Waals surface area contributed by atoms with Crippen LogP contribution in [0.1, 0.15) is 67.9 Å². The fraction of sp³-hybridized carbons (Fsp3) is 0.786. The summed E-state index contributed by atoms with van der Waals surface area (Å²) in [6.45, 7) is 8.62. The molecule has 1 aromatic rings. The Labute approximate surface area is 109 Å². The molecule has 0 aliphatic heterocycles. The highest BCUT2D eigenvalue weighted by atomic mass is 35.5. The second-order valence-electron chi connectivity index (χ2n) is 5.56. The van der Waals surface area contributed by atoms with Crippen LogP contribution in [0.3, 0.4) is 0 Å². The van der Waals surface area contributed by atoms with Gasteiger partial charge in [0.15, 0.2) is 0 Å². The Balaban J connectivity index is 2.24. The number of aromatic nitrogens is 2. The molecule has 17 heavy (non-hydrogen) atoms. The first kappa shape index (κ1) is 12.9. The van der Waals surface area contributed by atoms with Crippen LogP contribution in [-0.2, 0) is 0 Å². The van der Waals surface area contributed by atoms with Crippen LogP contribution in [0.25, 0.3) is 0 Å². The molecule has 0 bridgehead atoms. The average Bonchev–Trinajstić information content (AvgIpc) is 2.55. The van der Waals surface area contributed by atoms with E-state index in [4.69, 9.17) is 16.7 Å². The van der Waals surface area contributed by atoms with Crippen molar-refractivity contribution in [2.45, 2.75) is 64.8 Å². The molecule has 1 aliphatic carbocycles. The topological polar surface area (TPSA) is 17.8 Å². The first-order valence-corrected chi connectivity index (χ1v) is 7.14. The van der Waals surface area contributed by atoms with Crippen LogP contribution < -0.4 is 0 Å². The number of halogens is 1. The highest BCUT2D eigenvalue weighted by Crippen LogP contribution is 2.35. The highest BCUT2D eigenvalue weighted by Gasteiger charge is 2.24. The number of rotatable bonds is 2. The minimum Gasteiger partial charge on any atom is -0.266 e. The predicted octanol–water partition coefficient (Wildman–Crippen LogP) is 4.55. The van der Waals surface area contributed by atoms with Gasteiger partial charge in [-0.3, -0.25) is 4.68 Å². The van der Waals surface area contributed by atoms with E-state index in [0.29, 0.717) is 6.04 Å². The van der Waals surface area contributed by atoms with Crippen LogP contribution in [0.15, 0.2) is 0 Å². The fourth-order valence-electron chi connectivity index (χ4n) is 3.09. The lowest BCUT2D eigenvalue weighted by Gasteiger charge is -2.27. The lowest BCUT2D eigenvalue weighted by atomic mass is 9.87. The summed E-state index contributed by atoms with van der Waals surface area (Å²) in [5, 5.41) is 4.77. The summed E-state index contributed by atoms with van der Waals surface area (Å²) in [5.41, 5.74) is 3.60. The van der Waals surface area contributed by atoms with Gasteiger partial charge in [-0.1, -0.05) is 6.92 Å². The van der Waals surface area contributed by atoms with Crippen LogP contribution in [0, 0.1) is 19.8 Å². The van der Waals surface area contributed by atoms with Crippen molar-refractivity contribution < 1.29 is 0 Å². The molecule has 96 valence electrons. The molecule has 1 fully saturated rings. The van der Waals surface area contributed by atoms with Gasteiger partial charge in [0.2, 0.25) is 0 Å². The maximum atomic E-state index is 6.24. The Morgan fingerprint density at radius 1 is 1.24 bits per heavy atom.